The summed E-state index contributed by atoms with van der Waals surface area (Å²) in [4.78, 5) is 14.2. The van der Waals surface area contributed by atoms with Crippen LogP contribution in [0.3, 0.4) is 0 Å². The smallest absolute Gasteiger partial charge is 0.410 e. The first kappa shape index (κ1) is 19.3. The van der Waals surface area contributed by atoms with Crippen molar-refractivity contribution in [1.82, 2.24) is 4.90 Å². The van der Waals surface area contributed by atoms with Gasteiger partial charge in [0.2, 0.25) is 0 Å². The van der Waals surface area contributed by atoms with E-state index in [1.54, 1.807) is 4.90 Å². The van der Waals surface area contributed by atoms with Gasteiger partial charge in [-0.25, -0.2) is 4.79 Å². The van der Waals surface area contributed by atoms with Crippen molar-refractivity contribution in [3.05, 3.63) is 29.8 Å². The Morgan fingerprint density at radius 3 is 2.26 bits per heavy atom. The fourth-order valence-electron chi connectivity index (χ4n) is 2.32. The number of hydrogen-bond acceptors (Lipinski definition) is 3. The molecule has 0 unspecified atom stereocenters. The number of rotatable bonds is 5. The highest BCUT2D eigenvalue weighted by molar-refractivity contribution is 5.69. The number of ether oxygens (including phenoxy) is 1. The molecule has 0 saturated carbocycles. The lowest BCUT2D eigenvalue weighted by Gasteiger charge is -2.37. The van der Waals surface area contributed by atoms with Gasteiger partial charge in [0, 0.05) is 24.3 Å². The Morgan fingerprint density at radius 2 is 1.74 bits per heavy atom. The fourth-order valence-corrected chi connectivity index (χ4v) is 2.32. The number of aryl methyl sites for hydroxylation is 1. The van der Waals surface area contributed by atoms with Crippen molar-refractivity contribution in [2.75, 3.05) is 18.4 Å². The molecular formula is C19H32N2O2. The normalized spacial score (nSPS) is 12.0. The van der Waals surface area contributed by atoms with Gasteiger partial charge in [-0.2, -0.15) is 0 Å². The Hall–Kier alpha value is -1.71. The molecule has 0 radical (unpaired) electrons. The molecule has 4 nitrogen and oxygen atoms in total. The Balaban J connectivity index is 2.70. The van der Waals surface area contributed by atoms with Crippen LogP contribution < -0.4 is 5.32 Å². The van der Waals surface area contributed by atoms with Crippen LogP contribution in [-0.2, 0) is 11.2 Å². The van der Waals surface area contributed by atoms with Crippen molar-refractivity contribution in [2.45, 2.75) is 66.0 Å². The number of anilines is 1. The van der Waals surface area contributed by atoms with Gasteiger partial charge >= 0.3 is 6.09 Å². The molecular weight excluding hydrogens is 288 g/mol. The predicted molar refractivity (Wildman–Crippen MR) is 97.0 cm³/mol. The summed E-state index contributed by atoms with van der Waals surface area (Å²) in [7, 11) is 0. The zero-order valence-electron chi connectivity index (χ0n) is 15.7. The Bertz CT molecular complexity index is 513. The number of para-hydroxylation sites is 1. The molecule has 1 aromatic rings. The van der Waals surface area contributed by atoms with Gasteiger partial charge in [0.15, 0.2) is 0 Å². The first-order valence-electron chi connectivity index (χ1n) is 8.37. The predicted octanol–water partition coefficient (Wildman–Crippen LogP) is 4.70. The summed E-state index contributed by atoms with van der Waals surface area (Å²) in [6, 6.07) is 8.27. The lowest BCUT2D eigenvalue weighted by Crippen LogP contribution is -2.49. The molecule has 0 heterocycles. The number of carbonyl (C=O) groups excluding carboxylic acids is 1. The molecule has 0 saturated heterocycles. The summed E-state index contributed by atoms with van der Waals surface area (Å²) >= 11 is 0. The molecule has 1 rings (SSSR count). The van der Waals surface area contributed by atoms with Crippen LogP contribution in [0.2, 0.25) is 0 Å². The minimum Gasteiger partial charge on any atom is -0.444 e. The van der Waals surface area contributed by atoms with E-state index in [-0.39, 0.29) is 11.6 Å². The average Bonchev–Trinajstić information content (AvgIpc) is 2.40. The quantitative estimate of drug-likeness (QED) is 0.855. The van der Waals surface area contributed by atoms with E-state index >= 15 is 0 Å². The van der Waals surface area contributed by atoms with Crippen molar-refractivity contribution < 1.29 is 9.53 Å². The maximum absolute atomic E-state index is 12.4. The molecule has 0 atom stereocenters. The molecule has 0 fully saturated rings. The molecule has 1 N–H and O–H groups in total. The minimum absolute atomic E-state index is 0.268. The molecule has 1 aromatic carbocycles. The van der Waals surface area contributed by atoms with E-state index in [4.69, 9.17) is 4.74 Å². The van der Waals surface area contributed by atoms with Crippen molar-refractivity contribution in [3.8, 4) is 0 Å². The molecule has 0 aliphatic heterocycles. The summed E-state index contributed by atoms with van der Waals surface area (Å²) in [6.07, 6.45) is 0.716. The van der Waals surface area contributed by atoms with Gasteiger partial charge in [-0.15, -0.1) is 0 Å². The molecule has 0 aliphatic rings. The van der Waals surface area contributed by atoms with Gasteiger partial charge in [0.25, 0.3) is 0 Å². The van der Waals surface area contributed by atoms with Crippen molar-refractivity contribution >= 4 is 11.8 Å². The summed E-state index contributed by atoms with van der Waals surface area (Å²) in [5.41, 5.74) is 1.65. The number of hydrogen-bond donors (Lipinski definition) is 1. The van der Waals surface area contributed by atoms with Crippen LogP contribution in [0.5, 0.6) is 0 Å². The maximum Gasteiger partial charge on any atom is 0.410 e. The Kier molecular flexibility index (Phi) is 6.48. The standard InChI is InChI=1S/C19H32N2O2/c1-8-15-11-9-10-12-16(15)20-13-14-21(18(2,3)4)17(22)23-19(5,6)7/h9-12,20H,8,13-14H2,1-7H3. The molecule has 23 heavy (non-hydrogen) atoms. The second kappa shape index (κ2) is 7.71. The average molecular weight is 320 g/mol. The topological polar surface area (TPSA) is 41.6 Å². The van der Waals surface area contributed by atoms with Gasteiger partial charge in [-0.1, -0.05) is 25.1 Å². The fraction of sp³-hybridized carbons (Fsp3) is 0.632. The third-order valence-corrected chi connectivity index (χ3v) is 3.47. The van der Waals surface area contributed by atoms with E-state index in [1.165, 1.54) is 5.56 Å². The highest BCUT2D eigenvalue weighted by atomic mass is 16.6. The third-order valence-electron chi connectivity index (χ3n) is 3.47. The molecule has 4 heteroatoms. The zero-order valence-corrected chi connectivity index (χ0v) is 15.7. The van der Waals surface area contributed by atoms with Crippen LogP contribution >= 0.6 is 0 Å². The van der Waals surface area contributed by atoms with E-state index in [1.807, 2.05) is 53.7 Å². The first-order chi connectivity index (χ1) is 10.5. The monoisotopic (exact) mass is 320 g/mol. The minimum atomic E-state index is -0.483. The highest BCUT2D eigenvalue weighted by Crippen LogP contribution is 2.19. The molecule has 0 bridgehead atoms. The van der Waals surface area contributed by atoms with Crippen LogP contribution in [0.15, 0.2) is 24.3 Å². The van der Waals surface area contributed by atoms with Crippen LogP contribution in [-0.4, -0.2) is 35.2 Å². The van der Waals surface area contributed by atoms with Crippen LogP contribution in [0.4, 0.5) is 10.5 Å². The summed E-state index contributed by atoms with van der Waals surface area (Å²) in [5.74, 6) is 0. The van der Waals surface area contributed by atoms with Crippen LogP contribution in [0.1, 0.15) is 54.0 Å². The van der Waals surface area contributed by atoms with Gasteiger partial charge in [0.05, 0.1) is 0 Å². The Labute approximate surface area is 141 Å². The lowest BCUT2D eigenvalue weighted by molar-refractivity contribution is 0.00749. The molecule has 1 amide bonds. The van der Waals surface area contributed by atoms with Crippen molar-refractivity contribution in [1.29, 1.82) is 0 Å². The van der Waals surface area contributed by atoms with Gasteiger partial charge in [-0.05, 0) is 59.6 Å². The summed E-state index contributed by atoms with van der Waals surface area (Å²) in [6.45, 7) is 15.2. The number of nitrogens with zero attached hydrogens (tertiary/aromatic N) is 1. The number of carbonyl (C=O) groups is 1. The summed E-state index contributed by atoms with van der Waals surface area (Å²) in [5, 5.41) is 3.44. The largest absolute Gasteiger partial charge is 0.444 e. The first-order valence-corrected chi connectivity index (χ1v) is 8.37. The van der Waals surface area contributed by atoms with Gasteiger partial charge in [-0.3, -0.25) is 0 Å². The SMILES string of the molecule is CCc1ccccc1NCCN(C(=O)OC(C)(C)C)C(C)(C)C. The van der Waals surface area contributed by atoms with E-state index in [0.717, 1.165) is 12.1 Å². The molecule has 0 aromatic heterocycles. The van der Waals surface area contributed by atoms with Crippen molar-refractivity contribution in [2.24, 2.45) is 0 Å². The van der Waals surface area contributed by atoms with Gasteiger partial charge in [0.1, 0.15) is 5.60 Å². The third kappa shape index (κ3) is 6.51. The zero-order chi connectivity index (χ0) is 17.7. The van der Waals surface area contributed by atoms with E-state index in [9.17, 15) is 4.79 Å². The number of amides is 1. The van der Waals surface area contributed by atoms with Crippen LogP contribution in [0.25, 0.3) is 0 Å². The second-order valence-electron chi connectivity index (χ2n) is 7.74. The van der Waals surface area contributed by atoms with E-state index < -0.39 is 5.60 Å². The molecule has 0 aliphatic carbocycles. The molecule has 130 valence electrons. The van der Waals surface area contributed by atoms with Crippen LogP contribution in [0, 0.1) is 0 Å². The lowest BCUT2D eigenvalue weighted by atomic mass is 10.1. The van der Waals surface area contributed by atoms with E-state index in [2.05, 4.69) is 24.4 Å². The maximum atomic E-state index is 12.4. The Morgan fingerprint density at radius 1 is 1.13 bits per heavy atom. The summed E-state index contributed by atoms with van der Waals surface area (Å²) < 4.78 is 5.53. The molecule has 0 spiro atoms. The van der Waals surface area contributed by atoms with Crippen molar-refractivity contribution in [3.63, 3.8) is 0 Å². The second-order valence-corrected chi connectivity index (χ2v) is 7.74. The van der Waals surface area contributed by atoms with E-state index in [0.29, 0.717) is 13.1 Å². The number of nitrogens with one attached hydrogen (secondary N) is 1. The highest BCUT2D eigenvalue weighted by Gasteiger charge is 2.30. The van der Waals surface area contributed by atoms with Gasteiger partial charge < -0.3 is 15.0 Å². The number of benzene rings is 1.